The predicted octanol–water partition coefficient (Wildman–Crippen LogP) is 11.8. The smallest absolute Gasteiger partial charge is 0.0725 e. The van der Waals surface area contributed by atoms with Gasteiger partial charge < -0.3 is 5.32 Å². The van der Waals surface area contributed by atoms with Crippen molar-refractivity contribution in [3.63, 3.8) is 0 Å². The summed E-state index contributed by atoms with van der Waals surface area (Å²) in [6.45, 7) is 0. The van der Waals surface area contributed by atoms with E-state index in [9.17, 15) is 0 Å². The minimum Gasteiger partial charge on any atom is -0.356 e. The van der Waals surface area contributed by atoms with Crippen LogP contribution in [0.25, 0.3) is 53.6 Å². The Morgan fingerprint density at radius 3 is 1.60 bits per heavy atom. The van der Waals surface area contributed by atoms with E-state index < -0.39 is 0 Å². The second-order valence-corrected chi connectivity index (χ2v) is 13.2. The summed E-state index contributed by atoms with van der Waals surface area (Å²) in [7, 11) is 0. The number of hydrogen-bond acceptors (Lipinski definition) is 2. The first-order chi connectivity index (χ1) is 22.3. The second kappa shape index (κ2) is 9.28. The van der Waals surface area contributed by atoms with Crippen LogP contribution in [0.1, 0.15) is 22.3 Å². The van der Waals surface area contributed by atoms with Crippen LogP contribution >= 0.6 is 11.3 Å². The molecule has 0 radical (unpaired) electrons. The lowest BCUT2D eigenvalue weighted by Gasteiger charge is -2.30. The lowest BCUT2D eigenvalue weighted by Crippen LogP contribution is -2.25. The molecule has 1 aromatic heterocycles. The van der Waals surface area contributed by atoms with E-state index in [2.05, 4.69) is 163 Å². The monoisotopic (exact) mass is 589 g/mol. The first-order valence-corrected chi connectivity index (χ1v) is 16.3. The Morgan fingerprint density at radius 1 is 0.378 bits per heavy atom. The molecule has 0 atom stereocenters. The molecule has 45 heavy (non-hydrogen) atoms. The topological polar surface area (TPSA) is 12.0 Å². The zero-order chi connectivity index (χ0) is 29.5. The maximum absolute atomic E-state index is 3.65. The van der Waals surface area contributed by atoms with E-state index in [0.29, 0.717) is 0 Å². The number of fused-ring (bicyclic) bond motifs is 13. The molecular weight excluding hydrogens is 563 g/mol. The Labute approximate surface area is 266 Å². The van der Waals surface area contributed by atoms with Crippen molar-refractivity contribution in [2.45, 2.75) is 5.41 Å². The van der Waals surface area contributed by atoms with Gasteiger partial charge in [-0.2, -0.15) is 0 Å². The van der Waals surface area contributed by atoms with Crippen LogP contribution in [0, 0.1) is 0 Å². The lowest BCUT2D eigenvalue weighted by atomic mass is 9.70. The summed E-state index contributed by atoms with van der Waals surface area (Å²) in [6.07, 6.45) is 0. The van der Waals surface area contributed by atoms with Crippen LogP contribution in [-0.2, 0) is 5.41 Å². The molecule has 2 aliphatic rings. The van der Waals surface area contributed by atoms with Gasteiger partial charge in [0.05, 0.1) is 5.41 Å². The highest BCUT2D eigenvalue weighted by atomic mass is 32.1. The molecule has 1 N–H and O–H groups in total. The number of anilines is 2. The molecule has 1 nitrogen and oxygen atoms in total. The average molecular weight is 590 g/mol. The molecule has 0 amide bonds. The molecule has 2 heteroatoms. The van der Waals surface area contributed by atoms with Crippen molar-refractivity contribution in [3.8, 4) is 33.4 Å². The van der Waals surface area contributed by atoms with Crippen LogP contribution in [0.2, 0.25) is 0 Å². The van der Waals surface area contributed by atoms with Gasteiger partial charge in [-0.25, -0.2) is 0 Å². The van der Waals surface area contributed by atoms with Crippen molar-refractivity contribution in [1.29, 1.82) is 0 Å². The van der Waals surface area contributed by atoms with E-state index in [4.69, 9.17) is 0 Å². The molecule has 0 unspecified atom stereocenters. The molecule has 0 bridgehead atoms. The van der Waals surface area contributed by atoms with Crippen LogP contribution in [0.5, 0.6) is 0 Å². The maximum Gasteiger partial charge on any atom is 0.0725 e. The Morgan fingerprint density at radius 2 is 0.911 bits per heavy atom. The largest absolute Gasteiger partial charge is 0.356 e. The standard InChI is InChI=1S/C43H27NS/c1-5-13-37-31(9-1)32-10-2-6-14-38(32)43(37)39-15-7-3-11-33(39)34-23-19-28(25-40(34)43)27-17-20-29(21-18-27)44-30-22-24-42-36(26-30)35-12-4-8-16-41(35)45-42/h1-26,44H. The third kappa shape index (κ3) is 3.43. The molecule has 0 saturated heterocycles. The molecular formula is C43H27NS. The van der Waals surface area contributed by atoms with Gasteiger partial charge in [-0.3, -0.25) is 0 Å². The van der Waals surface area contributed by atoms with Crippen molar-refractivity contribution in [2.75, 3.05) is 5.32 Å². The molecule has 10 rings (SSSR count). The Bertz CT molecular complexity index is 2400. The Balaban J connectivity index is 1.06. The fourth-order valence-corrected chi connectivity index (χ4v) is 9.08. The molecule has 0 fully saturated rings. The zero-order valence-corrected chi connectivity index (χ0v) is 25.2. The number of hydrogen-bond donors (Lipinski definition) is 1. The number of rotatable bonds is 3. The molecule has 0 saturated carbocycles. The van der Waals surface area contributed by atoms with Crippen molar-refractivity contribution >= 4 is 42.9 Å². The molecule has 1 heterocycles. The fourth-order valence-electron chi connectivity index (χ4n) is 7.99. The van der Waals surface area contributed by atoms with Gasteiger partial charge in [-0.05, 0) is 98.1 Å². The zero-order valence-electron chi connectivity index (χ0n) is 24.4. The third-order valence-electron chi connectivity index (χ3n) is 9.88. The van der Waals surface area contributed by atoms with Crippen molar-refractivity contribution in [2.24, 2.45) is 0 Å². The van der Waals surface area contributed by atoms with E-state index in [0.717, 1.165) is 11.4 Å². The maximum atomic E-state index is 3.65. The number of nitrogens with one attached hydrogen (secondary N) is 1. The van der Waals surface area contributed by atoms with Gasteiger partial charge in [0.15, 0.2) is 0 Å². The molecule has 7 aromatic carbocycles. The van der Waals surface area contributed by atoms with Crippen LogP contribution < -0.4 is 5.32 Å². The van der Waals surface area contributed by atoms with Crippen LogP contribution in [0.15, 0.2) is 158 Å². The summed E-state index contributed by atoms with van der Waals surface area (Å²) in [4.78, 5) is 0. The normalized spacial score (nSPS) is 13.5. The molecule has 1 spiro atoms. The summed E-state index contributed by atoms with van der Waals surface area (Å²) < 4.78 is 2.65. The fraction of sp³-hybridized carbons (Fsp3) is 0.0233. The number of thiophene rings is 1. The summed E-state index contributed by atoms with van der Waals surface area (Å²) in [5.74, 6) is 0. The van der Waals surface area contributed by atoms with Crippen LogP contribution in [-0.4, -0.2) is 0 Å². The van der Waals surface area contributed by atoms with Crippen molar-refractivity contribution < 1.29 is 0 Å². The van der Waals surface area contributed by atoms with E-state index in [1.807, 2.05) is 11.3 Å². The summed E-state index contributed by atoms with van der Waals surface area (Å²) in [5.41, 5.74) is 15.2. The van der Waals surface area contributed by atoms with Gasteiger partial charge in [-0.15, -0.1) is 11.3 Å². The van der Waals surface area contributed by atoms with Gasteiger partial charge >= 0.3 is 0 Å². The van der Waals surface area contributed by atoms with Gasteiger partial charge in [0.2, 0.25) is 0 Å². The van der Waals surface area contributed by atoms with E-state index in [1.54, 1.807) is 0 Å². The highest BCUT2D eigenvalue weighted by Gasteiger charge is 2.51. The van der Waals surface area contributed by atoms with Crippen LogP contribution in [0.4, 0.5) is 11.4 Å². The van der Waals surface area contributed by atoms with Gasteiger partial charge in [0.25, 0.3) is 0 Å². The first kappa shape index (κ1) is 24.9. The molecule has 2 aliphatic carbocycles. The van der Waals surface area contributed by atoms with Crippen molar-refractivity contribution in [3.05, 3.63) is 180 Å². The minimum absolute atomic E-state index is 0.318. The molecule has 0 aliphatic heterocycles. The SMILES string of the molecule is c1ccc2c(c1)-c1ccccc1C21c2ccccc2-c2ccc(-c3ccc(Nc4ccc5sc6ccccc6c5c4)cc3)cc21. The highest BCUT2D eigenvalue weighted by molar-refractivity contribution is 7.25. The predicted molar refractivity (Wildman–Crippen MR) is 191 cm³/mol. The van der Waals surface area contributed by atoms with Gasteiger partial charge in [0.1, 0.15) is 0 Å². The van der Waals surface area contributed by atoms with E-state index >= 15 is 0 Å². The van der Waals surface area contributed by atoms with Gasteiger partial charge in [-0.1, -0.05) is 115 Å². The Kier molecular flexibility index (Phi) is 5.14. The minimum atomic E-state index is -0.318. The van der Waals surface area contributed by atoms with Gasteiger partial charge in [0, 0.05) is 31.5 Å². The quantitative estimate of drug-likeness (QED) is 0.216. The van der Waals surface area contributed by atoms with Crippen molar-refractivity contribution in [1.82, 2.24) is 0 Å². The summed E-state index contributed by atoms with van der Waals surface area (Å²) in [5, 5.41) is 6.27. The Hall–Kier alpha value is -5.44. The van der Waals surface area contributed by atoms with Crippen LogP contribution in [0.3, 0.4) is 0 Å². The second-order valence-electron chi connectivity index (χ2n) is 12.2. The van der Waals surface area contributed by atoms with E-state index in [1.165, 1.54) is 75.8 Å². The highest BCUT2D eigenvalue weighted by Crippen LogP contribution is 2.63. The van der Waals surface area contributed by atoms with E-state index in [-0.39, 0.29) is 5.41 Å². The molecule has 8 aromatic rings. The first-order valence-electron chi connectivity index (χ1n) is 15.5. The third-order valence-corrected chi connectivity index (χ3v) is 11.0. The molecule has 210 valence electrons. The average Bonchev–Trinajstić information content (AvgIpc) is 3.72. The lowest BCUT2D eigenvalue weighted by molar-refractivity contribution is 0.794. The summed E-state index contributed by atoms with van der Waals surface area (Å²) in [6, 6.07) is 58.3. The number of benzene rings is 7. The summed E-state index contributed by atoms with van der Waals surface area (Å²) >= 11 is 1.85.